The maximum Gasteiger partial charge on any atom is 0.251 e. The molecule has 0 fully saturated rings. The summed E-state index contributed by atoms with van der Waals surface area (Å²) < 4.78 is 5.25. The quantitative estimate of drug-likeness (QED) is 0.706. The number of aromatic nitrogens is 1. The van der Waals surface area contributed by atoms with Crippen molar-refractivity contribution in [1.29, 1.82) is 0 Å². The van der Waals surface area contributed by atoms with E-state index in [1.165, 1.54) is 0 Å². The minimum absolute atomic E-state index is 0.0982. The van der Waals surface area contributed by atoms with E-state index in [4.69, 9.17) is 4.74 Å². The molecule has 0 aliphatic heterocycles. The Balaban J connectivity index is 1.73. The van der Waals surface area contributed by atoms with Crippen LogP contribution in [0.3, 0.4) is 0 Å². The first-order valence-corrected chi connectivity index (χ1v) is 8.97. The molecule has 0 radical (unpaired) electrons. The fraction of sp³-hybridized carbons (Fsp3) is 0.217. The lowest BCUT2D eigenvalue weighted by Crippen LogP contribution is -2.26. The molecule has 0 aliphatic rings. The molecule has 27 heavy (non-hydrogen) atoms. The number of amides is 1. The summed E-state index contributed by atoms with van der Waals surface area (Å²) in [5.74, 6) is 0.680. The topological polar surface area (TPSA) is 51.2 Å². The third-order valence-electron chi connectivity index (χ3n) is 4.50. The van der Waals surface area contributed by atoms with Gasteiger partial charge in [0.2, 0.25) is 0 Å². The highest BCUT2D eigenvalue weighted by atomic mass is 16.5. The van der Waals surface area contributed by atoms with E-state index in [9.17, 15) is 4.79 Å². The minimum Gasteiger partial charge on any atom is -0.497 e. The van der Waals surface area contributed by atoms with E-state index < -0.39 is 0 Å². The average molecular weight is 360 g/mol. The predicted octanol–water partition coefficient (Wildman–Crippen LogP) is 4.87. The molecule has 0 saturated carbocycles. The zero-order valence-electron chi connectivity index (χ0n) is 16.1. The number of carbonyl (C=O) groups is 1. The van der Waals surface area contributed by atoms with E-state index in [0.717, 1.165) is 33.8 Å². The molecule has 1 atom stereocenters. The Bertz CT molecular complexity index is 929. The van der Waals surface area contributed by atoms with Crippen LogP contribution in [0.15, 0.2) is 60.7 Å². The molecule has 4 heteroatoms. The summed E-state index contributed by atoms with van der Waals surface area (Å²) in [7, 11) is 1.63. The summed E-state index contributed by atoms with van der Waals surface area (Å²) >= 11 is 0. The van der Waals surface area contributed by atoms with Crippen molar-refractivity contribution in [3.63, 3.8) is 0 Å². The van der Waals surface area contributed by atoms with Crippen LogP contribution in [0.5, 0.6) is 5.75 Å². The smallest absolute Gasteiger partial charge is 0.251 e. The SMILES string of the molecule is COc1cccc([C@@H](C)NC(=O)c2ccc(-c3cc(C)nc(C)c3)cc2)c1. The lowest BCUT2D eigenvalue weighted by atomic mass is 10.0. The molecular weight excluding hydrogens is 336 g/mol. The van der Waals surface area contributed by atoms with Crippen LogP contribution in [0.1, 0.15) is 40.3 Å². The Morgan fingerprint density at radius 1 is 0.963 bits per heavy atom. The molecule has 1 N–H and O–H groups in total. The first-order chi connectivity index (χ1) is 13.0. The molecule has 138 valence electrons. The molecule has 1 aromatic heterocycles. The summed E-state index contributed by atoms with van der Waals surface area (Å²) in [6, 6.07) is 19.4. The third kappa shape index (κ3) is 4.53. The monoisotopic (exact) mass is 360 g/mol. The van der Waals surface area contributed by atoms with Gasteiger partial charge >= 0.3 is 0 Å². The van der Waals surface area contributed by atoms with Crippen molar-refractivity contribution in [1.82, 2.24) is 10.3 Å². The van der Waals surface area contributed by atoms with Crippen LogP contribution in [0, 0.1) is 13.8 Å². The molecule has 0 bridgehead atoms. The normalized spacial score (nSPS) is 11.7. The number of pyridine rings is 1. The lowest BCUT2D eigenvalue weighted by molar-refractivity contribution is 0.0940. The van der Waals surface area contributed by atoms with Crippen LogP contribution in [0.4, 0.5) is 0 Å². The first-order valence-electron chi connectivity index (χ1n) is 8.97. The van der Waals surface area contributed by atoms with Gasteiger partial charge in [-0.1, -0.05) is 24.3 Å². The molecular formula is C23H24N2O2. The zero-order chi connectivity index (χ0) is 19.4. The summed E-state index contributed by atoms with van der Waals surface area (Å²) in [5.41, 5.74) is 5.79. The zero-order valence-corrected chi connectivity index (χ0v) is 16.1. The van der Waals surface area contributed by atoms with Gasteiger partial charge < -0.3 is 10.1 Å². The summed E-state index contributed by atoms with van der Waals surface area (Å²) in [6.45, 7) is 5.93. The Labute approximate surface area is 160 Å². The van der Waals surface area contributed by atoms with Crippen LogP contribution < -0.4 is 10.1 Å². The fourth-order valence-electron chi connectivity index (χ4n) is 3.09. The van der Waals surface area contributed by atoms with Crippen LogP contribution in [-0.4, -0.2) is 18.0 Å². The number of carbonyl (C=O) groups excluding carboxylic acids is 1. The first kappa shape index (κ1) is 18.6. The maximum absolute atomic E-state index is 12.6. The van der Waals surface area contributed by atoms with Crippen molar-refractivity contribution >= 4 is 5.91 Å². The molecule has 4 nitrogen and oxygen atoms in total. The highest BCUT2D eigenvalue weighted by molar-refractivity contribution is 5.95. The molecule has 1 amide bonds. The van der Waals surface area contributed by atoms with Gasteiger partial charge in [0.1, 0.15) is 5.75 Å². The number of nitrogens with one attached hydrogen (secondary N) is 1. The third-order valence-corrected chi connectivity index (χ3v) is 4.50. The van der Waals surface area contributed by atoms with E-state index >= 15 is 0 Å². The van der Waals surface area contributed by atoms with E-state index in [-0.39, 0.29) is 11.9 Å². The maximum atomic E-state index is 12.6. The number of hydrogen-bond acceptors (Lipinski definition) is 3. The largest absolute Gasteiger partial charge is 0.497 e. The van der Waals surface area contributed by atoms with Gasteiger partial charge in [-0.05, 0) is 73.9 Å². The number of ether oxygens (including phenoxy) is 1. The Morgan fingerprint density at radius 2 is 1.63 bits per heavy atom. The van der Waals surface area contributed by atoms with Crippen LogP contribution in [-0.2, 0) is 0 Å². The highest BCUT2D eigenvalue weighted by Gasteiger charge is 2.12. The average Bonchev–Trinajstić information content (AvgIpc) is 2.67. The Hall–Kier alpha value is -3.14. The van der Waals surface area contributed by atoms with Gasteiger partial charge in [-0.3, -0.25) is 9.78 Å². The second kappa shape index (κ2) is 8.04. The lowest BCUT2D eigenvalue weighted by Gasteiger charge is -2.15. The fourth-order valence-corrected chi connectivity index (χ4v) is 3.09. The molecule has 1 heterocycles. The minimum atomic E-state index is -0.113. The van der Waals surface area contributed by atoms with Gasteiger partial charge in [0, 0.05) is 17.0 Å². The van der Waals surface area contributed by atoms with Gasteiger partial charge in [-0.25, -0.2) is 0 Å². The van der Waals surface area contributed by atoms with Crippen molar-refractivity contribution in [2.45, 2.75) is 26.8 Å². The Kier molecular flexibility index (Phi) is 5.55. The second-order valence-electron chi connectivity index (χ2n) is 6.69. The van der Waals surface area contributed by atoms with Crippen LogP contribution in [0.25, 0.3) is 11.1 Å². The van der Waals surface area contributed by atoms with Gasteiger partial charge in [-0.2, -0.15) is 0 Å². The number of nitrogens with zero attached hydrogens (tertiary/aromatic N) is 1. The number of rotatable bonds is 5. The van der Waals surface area contributed by atoms with Gasteiger partial charge in [-0.15, -0.1) is 0 Å². The summed E-state index contributed by atoms with van der Waals surface area (Å²) in [4.78, 5) is 17.0. The standard InChI is InChI=1S/C23H24N2O2/c1-15-12-21(13-16(2)24-15)18-8-10-19(11-9-18)23(26)25-17(3)20-6-5-7-22(14-20)27-4/h5-14,17H,1-4H3,(H,25,26)/t17-/m1/s1. The van der Waals surface area contributed by atoms with Crippen molar-refractivity contribution in [3.8, 4) is 16.9 Å². The Morgan fingerprint density at radius 3 is 2.26 bits per heavy atom. The second-order valence-corrected chi connectivity index (χ2v) is 6.69. The molecule has 2 aromatic carbocycles. The molecule has 0 aliphatic carbocycles. The summed E-state index contributed by atoms with van der Waals surface area (Å²) in [6.07, 6.45) is 0. The molecule has 0 saturated heterocycles. The summed E-state index contributed by atoms with van der Waals surface area (Å²) in [5, 5.41) is 3.04. The predicted molar refractivity (Wildman–Crippen MR) is 108 cm³/mol. The van der Waals surface area contributed by atoms with Crippen molar-refractivity contribution in [2.75, 3.05) is 7.11 Å². The molecule has 0 spiro atoms. The number of aryl methyl sites for hydroxylation is 2. The van der Waals surface area contributed by atoms with E-state index in [1.54, 1.807) is 7.11 Å². The van der Waals surface area contributed by atoms with Crippen LogP contribution >= 0.6 is 0 Å². The van der Waals surface area contributed by atoms with Crippen molar-refractivity contribution in [3.05, 3.63) is 83.2 Å². The van der Waals surface area contributed by atoms with Gasteiger partial charge in [0.25, 0.3) is 5.91 Å². The molecule has 3 rings (SSSR count). The van der Waals surface area contributed by atoms with Gasteiger partial charge in [0.05, 0.1) is 13.2 Å². The highest BCUT2D eigenvalue weighted by Crippen LogP contribution is 2.22. The van der Waals surface area contributed by atoms with Crippen LogP contribution in [0.2, 0.25) is 0 Å². The van der Waals surface area contributed by atoms with E-state index in [1.807, 2.05) is 81.4 Å². The number of methoxy groups -OCH3 is 1. The van der Waals surface area contributed by atoms with Gasteiger partial charge in [0.15, 0.2) is 0 Å². The number of hydrogen-bond donors (Lipinski definition) is 1. The van der Waals surface area contributed by atoms with E-state index in [0.29, 0.717) is 5.56 Å². The molecule has 3 aromatic rings. The van der Waals surface area contributed by atoms with Crippen molar-refractivity contribution < 1.29 is 9.53 Å². The molecule has 0 unspecified atom stereocenters. The van der Waals surface area contributed by atoms with E-state index in [2.05, 4.69) is 10.3 Å². The van der Waals surface area contributed by atoms with Crippen molar-refractivity contribution in [2.24, 2.45) is 0 Å². The number of benzene rings is 2.